The normalized spacial score (nSPS) is 11.5. The fourth-order valence-electron chi connectivity index (χ4n) is 1.61. The van der Waals surface area contributed by atoms with Crippen LogP contribution >= 0.6 is 23.2 Å². The zero-order valence-electron chi connectivity index (χ0n) is 12.4. The Kier molecular flexibility index (Phi) is 4.30. The van der Waals surface area contributed by atoms with Gasteiger partial charge in [0.25, 0.3) is 0 Å². The molecule has 0 aliphatic heterocycles. The van der Waals surface area contributed by atoms with Crippen molar-refractivity contribution in [2.24, 2.45) is 0 Å². The SMILES string of the molecule is Cc1c(N)nc(C(C)(C)C)nc1Oc1ccc(Cl)cc1Cl. The van der Waals surface area contributed by atoms with Gasteiger partial charge in [0.2, 0.25) is 5.88 Å². The highest BCUT2D eigenvalue weighted by Gasteiger charge is 2.21. The summed E-state index contributed by atoms with van der Waals surface area (Å²) in [6, 6.07) is 5.01. The van der Waals surface area contributed by atoms with Crippen molar-refractivity contribution in [2.75, 3.05) is 5.73 Å². The minimum absolute atomic E-state index is 0.232. The van der Waals surface area contributed by atoms with Gasteiger partial charge in [-0.15, -0.1) is 0 Å². The van der Waals surface area contributed by atoms with Gasteiger partial charge in [-0.25, -0.2) is 4.98 Å². The molecule has 0 atom stereocenters. The lowest BCUT2D eigenvalue weighted by Gasteiger charge is -2.19. The molecule has 4 nitrogen and oxygen atoms in total. The third-order valence-corrected chi connectivity index (χ3v) is 3.44. The molecule has 2 rings (SSSR count). The minimum atomic E-state index is -0.232. The Balaban J connectivity index is 2.46. The van der Waals surface area contributed by atoms with E-state index in [0.717, 1.165) is 0 Å². The van der Waals surface area contributed by atoms with Crippen molar-refractivity contribution in [3.63, 3.8) is 0 Å². The van der Waals surface area contributed by atoms with Crippen molar-refractivity contribution in [1.29, 1.82) is 0 Å². The van der Waals surface area contributed by atoms with Crippen LogP contribution in [0, 0.1) is 6.92 Å². The smallest absolute Gasteiger partial charge is 0.227 e. The molecule has 1 aromatic carbocycles. The minimum Gasteiger partial charge on any atom is -0.437 e. The number of nitrogen functional groups attached to an aromatic ring is 1. The van der Waals surface area contributed by atoms with Gasteiger partial charge in [-0.2, -0.15) is 4.98 Å². The van der Waals surface area contributed by atoms with Gasteiger partial charge in [0, 0.05) is 10.4 Å². The lowest BCUT2D eigenvalue weighted by molar-refractivity contribution is 0.443. The lowest BCUT2D eigenvalue weighted by Crippen LogP contribution is -2.18. The third-order valence-electron chi connectivity index (χ3n) is 2.91. The van der Waals surface area contributed by atoms with E-state index < -0.39 is 0 Å². The number of hydrogen-bond donors (Lipinski definition) is 1. The van der Waals surface area contributed by atoms with E-state index in [1.165, 1.54) is 0 Å². The van der Waals surface area contributed by atoms with Gasteiger partial charge in [-0.1, -0.05) is 44.0 Å². The molecule has 1 aromatic heterocycles. The van der Waals surface area contributed by atoms with Crippen molar-refractivity contribution >= 4 is 29.0 Å². The Morgan fingerprint density at radius 3 is 2.38 bits per heavy atom. The summed E-state index contributed by atoms with van der Waals surface area (Å²) >= 11 is 12.0. The Bertz CT molecular complexity index is 681. The summed E-state index contributed by atoms with van der Waals surface area (Å²) in [5.74, 6) is 1.89. The monoisotopic (exact) mass is 325 g/mol. The molecule has 21 heavy (non-hydrogen) atoms. The van der Waals surface area contributed by atoms with Crippen LogP contribution in [-0.2, 0) is 5.41 Å². The van der Waals surface area contributed by atoms with Crippen molar-refractivity contribution in [1.82, 2.24) is 9.97 Å². The average Bonchev–Trinajstić information content (AvgIpc) is 2.36. The summed E-state index contributed by atoms with van der Waals surface area (Å²) in [5, 5.41) is 0.957. The van der Waals surface area contributed by atoms with Gasteiger partial charge >= 0.3 is 0 Å². The lowest BCUT2D eigenvalue weighted by atomic mass is 9.95. The molecule has 0 saturated heterocycles. The maximum Gasteiger partial charge on any atom is 0.227 e. The highest BCUT2D eigenvalue weighted by atomic mass is 35.5. The molecule has 0 aliphatic rings. The first-order valence-corrected chi connectivity index (χ1v) is 7.21. The molecule has 112 valence electrons. The second kappa shape index (κ2) is 5.70. The second-order valence-electron chi connectivity index (χ2n) is 5.79. The molecule has 6 heteroatoms. The van der Waals surface area contributed by atoms with Crippen LogP contribution in [0.15, 0.2) is 18.2 Å². The topological polar surface area (TPSA) is 61.0 Å². The van der Waals surface area contributed by atoms with Crippen molar-refractivity contribution in [2.45, 2.75) is 33.1 Å². The number of rotatable bonds is 2. The molecule has 0 bridgehead atoms. The first-order valence-electron chi connectivity index (χ1n) is 6.46. The van der Waals surface area contributed by atoms with E-state index in [0.29, 0.717) is 38.9 Å². The summed E-state index contributed by atoms with van der Waals surface area (Å²) in [5.41, 5.74) is 6.39. The summed E-state index contributed by atoms with van der Waals surface area (Å²) in [7, 11) is 0. The number of nitrogens with two attached hydrogens (primary N) is 1. The summed E-state index contributed by atoms with van der Waals surface area (Å²) < 4.78 is 5.79. The van der Waals surface area contributed by atoms with Crippen LogP contribution in [0.3, 0.4) is 0 Å². The predicted molar refractivity (Wildman–Crippen MR) is 86.4 cm³/mol. The fourth-order valence-corrected chi connectivity index (χ4v) is 2.06. The number of aromatic nitrogens is 2. The van der Waals surface area contributed by atoms with E-state index >= 15 is 0 Å². The van der Waals surface area contributed by atoms with Crippen molar-refractivity contribution in [3.8, 4) is 11.6 Å². The van der Waals surface area contributed by atoms with Crippen LogP contribution in [0.5, 0.6) is 11.6 Å². The molecular formula is C15H17Cl2N3O. The van der Waals surface area contributed by atoms with Crippen LogP contribution < -0.4 is 10.5 Å². The van der Waals surface area contributed by atoms with Gasteiger partial charge in [-0.3, -0.25) is 0 Å². The Labute approximate surface area is 134 Å². The number of halogens is 2. The van der Waals surface area contributed by atoms with Crippen molar-refractivity contribution in [3.05, 3.63) is 39.6 Å². The number of benzene rings is 1. The Morgan fingerprint density at radius 1 is 1.14 bits per heavy atom. The maximum atomic E-state index is 6.12. The number of ether oxygens (including phenoxy) is 1. The average molecular weight is 326 g/mol. The van der Waals surface area contributed by atoms with E-state index in [1.54, 1.807) is 25.1 Å². The summed E-state index contributed by atoms with van der Waals surface area (Å²) in [6.45, 7) is 7.84. The number of hydrogen-bond acceptors (Lipinski definition) is 4. The molecule has 0 amide bonds. The number of anilines is 1. The second-order valence-corrected chi connectivity index (χ2v) is 6.63. The molecule has 0 radical (unpaired) electrons. The zero-order valence-corrected chi connectivity index (χ0v) is 13.9. The summed E-state index contributed by atoms with van der Waals surface area (Å²) in [4.78, 5) is 8.77. The van der Waals surface area contributed by atoms with Crippen LogP contribution in [0.2, 0.25) is 10.0 Å². The molecule has 0 aliphatic carbocycles. The third kappa shape index (κ3) is 3.57. The predicted octanol–water partition coefficient (Wildman–Crippen LogP) is 4.76. The maximum absolute atomic E-state index is 6.12. The Morgan fingerprint density at radius 2 is 1.81 bits per heavy atom. The van der Waals surface area contributed by atoms with E-state index in [1.807, 2.05) is 20.8 Å². The molecule has 2 aromatic rings. The van der Waals surface area contributed by atoms with Gasteiger partial charge in [-0.05, 0) is 25.1 Å². The van der Waals surface area contributed by atoms with E-state index in [2.05, 4.69) is 9.97 Å². The highest BCUT2D eigenvalue weighted by molar-refractivity contribution is 6.35. The Hall–Kier alpha value is -1.52. The molecule has 0 saturated carbocycles. The van der Waals surface area contributed by atoms with Crippen LogP contribution in [0.4, 0.5) is 5.82 Å². The van der Waals surface area contributed by atoms with E-state index in [9.17, 15) is 0 Å². The van der Waals surface area contributed by atoms with Crippen LogP contribution in [0.25, 0.3) is 0 Å². The van der Waals surface area contributed by atoms with Gasteiger partial charge in [0.15, 0.2) is 0 Å². The van der Waals surface area contributed by atoms with Crippen LogP contribution in [-0.4, -0.2) is 9.97 Å². The van der Waals surface area contributed by atoms with Crippen LogP contribution in [0.1, 0.15) is 32.2 Å². The zero-order chi connectivity index (χ0) is 15.8. The first-order chi connectivity index (χ1) is 9.68. The fraction of sp³-hybridized carbons (Fsp3) is 0.333. The molecule has 2 N–H and O–H groups in total. The highest BCUT2D eigenvalue weighted by Crippen LogP contribution is 2.34. The standard InChI is InChI=1S/C15H17Cl2N3O/c1-8-12(18)19-14(15(2,3)4)20-13(8)21-11-6-5-9(16)7-10(11)17/h5-7H,1-4H3,(H2,18,19,20). The van der Waals surface area contributed by atoms with Gasteiger partial charge < -0.3 is 10.5 Å². The van der Waals surface area contributed by atoms with Gasteiger partial charge in [0.1, 0.15) is 17.4 Å². The molecule has 0 spiro atoms. The largest absolute Gasteiger partial charge is 0.437 e. The van der Waals surface area contributed by atoms with Crippen molar-refractivity contribution < 1.29 is 4.74 Å². The quantitative estimate of drug-likeness (QED) is 0.864. The first kappa shape index (κ1) is 15.9. The molecule has 0 fully saturated rings. The summed E-state index contributed by atoms with van der Waals surface area (Å²) in [6.07, 6.45) is 0. The van der Waals surface area contributed by atoms with Gasteiger partial charge in [0.05, 0.1) is 10.6 Å². The molecule has 1 heterocycles. The molecular weight excluding hydrogens is 309 g/mol. The molecule has 0 unspecified atom stereocenters. The number of nitrogens with zero attached hydrogens (tertiary/aromatic N) is 2. The van der Waals surface area contributed by atoms with E-state index in [4.69, 9.17) is 33.7 Å². The van der Waals surface area contributed by atoms with E-state index in [-0.39, 0.29) is 5.41 Å².